The standard InChI is InChI=1S/C22H20N4O5/c1-26-20-15(8-12(9-24-20)13-4-2-3-5-14(13)19(23)29)17(11-6-7-11)18(22(26)31)21(30)25-10-16(27)28/h2-5,8-9,11H,6-7,10H2,1H3,(H2,23,29)(H,25,30)(H,27,28). The number of fused-ring (bicyclic) bond motifs is 1. The van der Waals surface area contributed by atoms with E-state index >= 15 is 0 Å². The fourth-order valence-electron chi connectivity index (χ4n) is 3.79. The molecule has 2 aromatic heterocycles. The van der Waals surface area contributed by atoms with E-state index in [2.05, 4.69) is 10.3 Å². The van der Waals surface area contributed by atoms with Crippen LogP contribution in [-0.2, 0) is 11.8 Å². The molecule has 2 heterocycles. The maximum Gasteiger partial charge on any atom is 0.322 e. The number of nitrogens with one attached hydrogen (secondary N) is 1. The monoisotopic (exact) mass is 420 g/mol. The molecule has 3 aromatic rings. The van der Waals surface area contributed by atoms with E-state index in [4.69, 9.17) is 10.8 Å². The maximum atomic E-state index is 13.0. The number of carbonyl (C=O) groups excluding carboxylic acids is 2. The normalized spacial score (nSPS) is 13.2. The number of amides is 2. The molecule has 0 bridgehead atoms. The molecule has 2 amide bonds. The molecule has 0 unspecified atom stereocenters. The van der Waals surface area contributed by atoms with Crippen LogP contribution in [0.15, 0.2) is 41.3 Å². The second kappa shape index (κ2) is 7.67. The number of hydrogen-bond acceptors (Lipinski definition) is 5. The quantitative estimate of drug-likeness (QED) is 0.550. The lowest BCUT2D eigenvalue weighted by Gasteiger charge is -2.16. The van der Waals surface area contributed by atoms with Gasteiger partial charge in [-0.3, -0.25) is 23.7 Å². The molecule has 4 N–H and O–H groups in total. The summed E-state index contributed by atoms with van der Waals surface area (Å²) >= 11 is 0. The van der Waals surface area contributed by atoms with Crippen molar-refractivity contribution in [1.29, 1.82) is 0 Å². The van der Waals surface area contributed by atoms with Gasteiger partial charge in [-0.05, 0) is 42.0 Å². The number of carboxylic acid groups (broad SMARTS) is 1. The molecule has 1 aliphatic rings. The predicted octanol–water partition coefficient (Wildman–Crippen LogP) is 1.39. The number of aromatic nitrogens is 2. The number of nitrogens with two attached hydrogens (primary N) is 1. The van der Waals surface area contributed by atoms with Crippen LogP contribution in [0.1, 0.15) is 45.0 Å². The Balaban J connectivity index is 1.97. The predicted molar refractivity (Wildman–Crippen MR) is 113 cm³/mol. The summed E-state index contributed by atoms with van der Waals surface area (Å²) in [6.07, 6.45) is 3.18. The fourth-order valence-corrected chi connectivity index (χ4v) is 3.79. The molecule has 1 aliphatic carbocycles. The minimum Gasteiger partial charge on any atom is -0.480 e. The number of hydrogen-bond donors (Lipinski definition) is 3. The molecule has 0 radical (unpaired) electrons. The Morgan fingerprint density at radius 1 is 1.26 bits per heavy atom. The Labute approximate surface area is 176 Å². The van der Waals surface area contributed by atoms with E-state index < -0.39 is 29.9 Å². The van der Waals surface area contributed by atoms with Gasteiger partial charge in [-0.15, -0.1) is 0 Å². The first-order valence-corrected chi connectivity index (χ1v) is 9.71. The van der Waals surface area contributed by atoms with Crippen LogP contribution < -0.4 is 16.6 Å². The lowest BCUT2D eigenvalue weighted by molar-refractivity contribution is -0.135. The van der Waals surface area contributed by atoms with Crippen molar-refractivity contribution in [3.05, 3.63) is 63.6 Å². The molecule has 0 atom stereocenters. The van der Waals surface area contributed by atoms with Gasteiger partial charge in [0, 0.05) is 29.8 Å². The minimum atomic E-state index is -1.20. The summed E-state index contributed by atoms with van der Waals surface area (Å²) in [5.74, 6) is -2.50. The summed E-state index contributed by atoms with van der Waals surface area (Å²) in [7, 11) is 1.51. The van der Waals surface area contributed by atoms with E-state index in [1.165, 1.54) is 11.6 Å². The van der Waals surface area contributed by atoms with Gasteiger partial charge in [0.05, 0.1) is 0 Å². The molecular formula is C22H20N4O5. The zero-order valence-electron chi connectivity index (χ0n) is 16.7. The number of rotatable bonds is 6. The van der Waals surface area contributed by atoms with E-state index in [1.54, 1.807) is 36.5 Å². The van der Waals surface area contributed by atoms with Crippen LogP contribution >= 0.6 is 0 Å². The highest BCUT2D eigenvalue weighted by molar-refractivity contribution is 6.03. The van der Waals surface area contributed by atoms with E-state index in [0.717, 1.165) is 12.8 Å². The van der Waals surface area contributed by atoms with E-state index in [9.17, 15) is 19.2 Å². The van der Waals surface area contributed by atoms with Crippen molar-refractivity contribution in [1.82, 2.24) is 14.9 Å². The summed E-state index contributed by atoms with van der Waals surface area (Å²) in [5.41, 5.74) is 7.43. The van der Waals surface area contributed by atoms with Crippen LogP contribution in [0, 0.1) is 0 Å². The first-order valence-electron chi connectivity index (χ1n) is 9.71. The van der Waals surface area contributed by atoms with Gasteiger partial charge in [-0.25, -0.2) is 4.98 Å². The second-order valence-corrected chi connectivity index (χ2v) is 7.51. The third-order valence-electron chi connectivity index (χ3n) is 5.38. The second-order valence-electron chi connectivity index (χ2n) is 7.51. The number of primary amides is 1. The van der Waals surface area contributed by atoms with Gasteiger partial charge in [0.2, 0.25) is 5.91 Å². The highest BCUT2D eigenvalue weighted by atomic mass is 16.4. The summed E-state index contributed by atoms with van der Waals surface area (Å²) in [4.78, 5) is 52.9. The first kappa shape index (κ1) is 20.3. The van der Waals surface area contributed by atoms with Crippen LogP contribution in [0.2, 0.25) is 0 Å². The smallest absolute Gasteiger partial charge is 0.322 e. The zero-order valence-corrected chi connectivity index (χ0v) is 16.7. The molecule has 1 aromatic carbocycles. The Bertz CT molecular complexity index is 1310. The van der Waals surface area contributed by atoms with Crippen molar-refractivity contribution in [2.45, 2.75) is 18.8 Å². The first-order chi connectivity index (χ1) is 14.8. The van der Waals surface area contributed by atoms with Crippen molar-refractivity contribution in [2.24, 2.45) is 12.8 Å². The summed E-state index contributed by atoms with van der Waals surface area (Å²) in [5, 5.41) is 11.8. The van der Waals surface area contributed by atoms with Crippen molar-refractivity contribution in [3.8, 4) is 11.1 Å². The van der Waals surface area contributed by atoms with Crippen molar-refractivity contribution in [2.75, 3.05) is 6.54 Å². The fraction of sp³-hybridized carbons (Fsp3) is 0.227. The van der Waals surface area contributed by atoms with Gasteiger partial charge < -0.3 is 16.2 Å². The Kier molecular flexibility index (Phi) is 5.02. The molecule has 0 aliphatic heterocycles. The van der Waals surface area contributed by atoms with Gasteiger partial charge in [0.15, 0.2) is 0 Å². The SMILES string of the molecule is Cn1c(=O)c(C(=O)NCC(=O)O)c(C2CC2)c2cc(-c3ccccc3C(N)=O)cnc21. The van der Waals surface area contributed by atoms with Crippen LogP contribution in [0.25, 0.3) is 22.2 Å². The Hall–Kier alpha value is -4.01. The number of aliphatic carboxylic acids is 1. The van der Waals surface area contributed by atoms with Crippen molar-refractivity contribution in [3.63, 3.8) is 0 Å². The molecule has 9 nitrogen and oxygen atoms in total. The summed E-state index contributed by atoms with van der Waals surface area (Å²) < 4.78 is 1.28. The van der Waals surface area contributed by atoms with Gasteiger partial charge in [-0.2, -0.15) is 0 Å². The molecule has 4 rings (SSSR count). The molecule has 9 heteroatoms. The van der Waals surface area contributed by atoms with Crippen molar-refractivity contribution >= 4 is 28.8 Å². The number of aryl methyl sites for hydroxylation is 1. The topological polar surface area (TPSA) is 144 Å². The van der Waals surface area contributed by atoms with Crippen LogP contribution in [0.3, 0.4) is 0 Å². The average Bonchev–Trinajstić information content (AvgIpc) is 3.59. The van der Waals surface area contributed by atoms with Crippen LogP contribution in [-0.4, -0.2) is 39.0 Å². The molecule has 158 valence electrons. The molecule has 31 heavy (non-hydrogen) atoms. The van der Waals surface area contributed by atoms with E-state index in [0.29, 0.717) is 33.3 Å². The van der Waals surface area contributed by atoms with E-state index in [1.807, 2.05) is 0 Å². The van der Waals surface area contributed by atoms with Gasteiger partial charge in [-0.1, -0.05) is 18.2 Å². The molecule has 1 saturated carbocycles. The number of carboxylic acids is 1. The van der Waals surface area contributed by atoms with Crippen LogP contribution in [0.4, 0.5) is 0 Å². The number of benzene rings is 1. The molecule has 0 saturated heterocycles. The Morgan fingerprint density at radius 2 is 1.97 bits per heavy atom. The summed E-state index contributed by atoms with van der Waals surface area (Å²) in [6.45, 7) is -0.589. The average molecular weight is 420 g/mol. The maximum absolute atomic E-state index is 13.0. The van der Waals surface area contributed by atoms with Gasteiger partial charge in [0.1, 0.15) is 17.8 Å². The Morgan fingerprint density at radius 3 is 2.61 bits per heavy atom. The number of nitrogens with zero attached hydrogens (tertiary/aromatic N) is 2. The largest absolute Gasteiger partial charge is 0.480 e. The van der Waals surface area contributed by atoms with Crippen LogP contribution in [0.5, 0.6) is 0 Å². The molecule has 1 fully saturated rings. The highest BCUT2D eigenvalue weighted by Gasteiger charge is 2.33. The number of pyridine rings is 2. The molecule has 0 spiro atoms. The van der Waals surface area contributed by atoms with Gasteiger partial charge >= 0.3 is 5.97 Å². The van der Waals surface area contributed by atoms with Gasteiger partial charge in [0.25, 0.3) is 11.5 Å². The number of carbonyl (C=O) groups is 3. The van der Waals surface area contributed by atoms with Crippen molar-refractivity contribution < 1.29 is 19.5 Å². The third-order valence-corrected chi connectivity index (χ3v) is 5.38. The lowest BCUT2D eigenvalue weighted by Crippen LogP contribution is -2.36. The zero-order chi connectivity index (χ0) is 22.3. The minimum absolute atomic E-state index is 0.00501. The summed E-state index contributed by atoms with van der Waals surface area (Å²) in [6, 6.07) is 8.66. The third kappa shape index (κ3) is 3.65. The molecular weight excluding hydrogens is 400 g/mol. The lowest BCUT2D eigenvalue weighted by atomic mass is 9.95. The van der Waals surface area contributed by atoms with E-state index in [-0.39, 0.29) is 11.5 Å². The highest BCUT2D eigenvalue weighted by Crippen LogP contribution is 2.44.